The van der Waals surface area contributed by atoms with Gasteiger partial charge < -0.3 is 0 Å². The van der Waals surface area contributed by atoms with Crippen LogP contribution < -0.4 is 0 Å². The van der Waals surface area contributed by atoms with Crippen LogP contribution in [0.2, 0.25) is 0 Å². The van der Waals surface area contributed by atoms with E-state index in [1.165, 1.54) is 5.57 Å². The van der Waals surface area contributed by atoms with Crippen molar-refractivity contribution in [2.24, 2.45) is 4.99 Å². The summed E-state index contributed by atoms with van der Waals surface area (Å²) in [5, 5.41) is 0. The number of allylic oxidation sites excluding steroid dienone is 15. The summed E-state index contributed by atoms with van der Waals surface area (Å²) in [6.45, 7) is 12.8. The van der Waals surface area contributed by atoms with E-state index in [0.717, 1.165) is 97.0 Å². The number of pyridine rings is 2. The Morgan fingerprint density at radius 3 is 2.00 bits per heavy atom. The lowest BCUT2D eigenvalue weighted by atomic mass is 9.90. The topological polar surface area (TPSA) is 38.1 Å². The summed E-state index contributed by atoms with van der Waals surface area (Å²) in [6.07, 6.45) is 27.1. The summed E-state index contributed by atoms with van der Waals surface area (Å²) in [7, 11) is 0. The summed E-state index contributed by atoms with van der Waals surface area (Å²) in [5.41, 5.74) is 16.2. The van der Waals surface area contributed by atoms with Gasteiger partial charge in [0.15, 0.2) is 0 Å². The molecule has 0 aliphatic carbocycles. The van der Waals surface area contributed by atoms with Crippen molar-refractivity contribution in [1.82, 2.24) is 9.97 Å². The van der Waals surface area contributed by atoms with Gasteiger partial charge in [0.05, 0.1) is 28.5 Å². The number of aliphatic imine (C=N–C) groups is 1. The van der Waals surface area contributed by atoms with Crippen LogP contribution in [0.1, 0.15) is 87.9 Å². The maximum atomic E-state index is 5.76. The number of hydrogen-bond acceptors (Lipinski definition) is 3. The Labute approximate surface area is 370 Å². The highest BCUT2D eigenvalue weighted by Gasteiger charge is 2.18. The summed E-state index contributed by atoms with van der Waals surface area (Å²) >= 11 is 0. The average Bonchev–Trinajstić information content (AvgIpc) is 3.33. The van der Waals surface area contributed by atoms with Crippen molar-refractivity contribution in [1.29, 1.82) is 0 Å². The third kappa shape index (κ3) is 11.7. The van der Waals surface area contributed by atoms with Gasteiger partial charge in [-0.15, -0.1) is 0 Å². The van der Waals surface area contributed by atoms with Gasteiger partial charge in [-0.3, -0.25) is 4.98 Å². The average molecular weight is 808 g/mol. The van der Waals surface area contributed by atoms with Crippen molar-refractivity contribution < 1.29 is 0 Å². The zero-order valence-corrected chi connectivity index (χ0v) is 37.0. The second-order valence-corrected chi connectivity index (χ2v) is 14.9. The molecule has 0 saturated carbocycles. The van der Waals surface area contributed by atoms with E-state index >= 15 is 0 Å². The molecule has 6 rings (SSSR count). The summed E-state index contributed by atoms with van der Waals surface area (Å²) in [5.74, 6) is 0. The molecule has 0 fully saturated rings. The number of benzene rings is 4. The van der Waals surface area contributed by atoms with E-state index in [0.29, 0.717) is 0 Å². The molecule has 0 aliphatic heterocycles. The molecule has 308 valence electrons. The molecule has 0 radical (unpaired) electrons. The quantitative estimate of drug-likeness (QED) is 0.0555. The van der Waals surface area contributed by atoms with E-state index in [4.69, 9.17) is 15.0 Å². The monoisotopic (exact) mass is 807 g/mol. The number of nitrogens with zero attached hydrogens (tertiary/aromatic N) is 3. The first kappa shape index (κ1) is 44.3. The van der Waals surface area contributed by atoms with Crippen molar-refractivity contribution in [2.45, 2.75) is 54.4 Å². The number of aromatic nitrogens is 2. The summed E-state index contributed by atoms with van der Waals surface area (Å²) in [6, 6.07) is 49.0. The predicted molar refractivity (Wildman–Crippen MR) is 269 cm³/mol. The Morgan fingerprint density at radius 2 is 1.29 bits per heavy atom. The second-order valence-electron chi connectivity index (χ2n) is 14.9. The fourth-order valence-corrected chi connectivity index (χ4v) is 7.21. The molecule has 0 unspecified atom stereocenters. The standard InChI is InChI=1S/C59H57N3/c1-7-11-13-14-18-28-44(5)56-42-53(43-57(61-56)55-38-23-24-39-60-55)50-35-26-37-52(41-50)59(62-58(48-32-21-16-22-33-48)45(6)46-29-19-15-20-30-46)54(10-4)51-36-25-34-49(40-51)47(27-9-3)31-17-12-8-2/h8,10-43H,7,9H2,1-6H3/b12-8-,13-11+,18-14-,31-17-,44-28+,47-27-,54-10-,58-45+,62-59-. The molecule has 0 N–H and O–H groups in total. The van der Waals surface area contributed by atoms with Crippen LogP contribution in [0.15, 0.2) is 218 Å². The highest BCUT2D eigenvalue weighted by molar-refractivity contribution is 6.33. The predicted octanol–water partition coefficient (Wildman–Crippen LogP) is 16.1. The van der Waals surface area contributed by atoms with Gasteiger partial charge in [0.2, 0.25) is 0 Å². The number of hydrogen-bond donors (Lipinski definition) is 0. The Morgan fingerprint density at radius 1 is 0.581 bits per heavy atom. The molecule has 0 atom stereocenters. The minimum absolute atomic E-state index is 0.818. The van der Waals surface area contributed by atoms with Gasteiger partial charge in [-0.1, -0.05) is 184 Å². The van der Waals surface area contributed by atoms with E-state index in [1.807, 2.05) is 31.3 Å². The van der Waals surface area contributed by atoms with Gasteiger partial charge in [0, 0.05) is 22.9 Å². The van der Waals surface area contributed by atoms with Crippen LogP contribution in [0.3, 0.4) is 0 Å². The Kier molecular flexibility index (Phi) is 16.4. The SMILES string of the molecule is C\C=C/C=C\C(=C\CC)c1cccc(C(=C/C)/C(=N\C(=C(/C)c2ccccc2)c2ccccc2)c2cccc(-c3cc(/C(C)=C/C=C\C=C\CC)nc(-c4ccccn4)c3)c2)c1. The molecule has 0 bridgehead atoms. The second kappa shape index (κ2) is 23.0. The Balaban J connectivity index is 1.59. The molecule has 0 spiro atoms. The van der Waals surface area contributed by atoms with Gasteiger partial charge in [-0.25, -0.2) is 9.98 Å². The van der Waals surface area contributed by atoms with E-state index in [9.17, 15) is 0 Å². The fraction of sp³-hybridized carbons (Fsp3) is 0.136. The van der Waals surface area contributed by atoms with Gasteiger partial charge in [0.25, 0.3) is 0 Å². The van der Waals surface area contributed by atoms with Crippen molar-refractivity contribution in [3.8, 4) is 22.5 Å². The molecule has 0 aliphatic rings. The molecule has 2 heterocycles. The van der Waals surface area contributed by atoms with E-state index < -0.39 is 0 Å². The lowest BCUT2D eigenvalue weighted by molar-refractivity contribution is 1.22. The maximum absolute atomic E-state index is 5.76. The van der Waals surface area contributed by atoms with E-state index in [-0.39, 0.29) is 0 Å². The molecule has 3 nitrogen and oxygen atoms in total. The van der Waals surface area contributed by atoms with Crippen molar-refractivity contribution in [3.63, 3.8) is 0 Å². The Bertz CT molecular complexity index is 2700. The molecule has 3 heteroatoms. The fourth-order valence-electron chi connectivity index (χ4n) is 7.21. The Hall–Kier alpha value is -7.23. The zero-order valence-electron chi connectivity index (χ0n) is 37.0. The third-order valence-electron chi connectivity index (χ3n) is 10.5. The van der Waals surface area contributed by atoms with E-state index in [1.54, 1.807) is 0 Å². The lowest BCUT2D eigenvalue weighted by Crippen LogP contribution is -2.07. The molecule has 2 aromatic heterocycles. The van der Waals surface area contributed by atoms with Gasteiger partial charge in [-0.05, 0) is 121 Å². The maximum Gasteiger partial charge on any atom is 0.0899 e. The normalized spacial score (nSPS) is 13.5. The molecule has 0 amide bonds. The smallest absolute Gasteiger partial charge is 0.0899 e. The van der Waals surface area contributed by atoms with Crippen LogP contribution in [0.25, 0.3) is 50.5 Å². The first-order chi connectivity index (χ1) is 30.4. The minimum atomic E-state index is 0.818. The first-order valence-electron chi connectivity index (χ1n) is 21.7. The first-order valence-corrected chi connectivity index (χ1v) is 21.7. The van der Waals surface area contributed by atoms with Gasteiger partial charge in [0.1, 0.15) is 0 Å². The molecule has 4 aromatic carbocycles. The van der Waals surface area contributed by atoms with Crippen LogP contribution in [0.4, 0.5) is 0 Å². The summed E-state index contributed by atoms with van der Waals surface area (Å²) in [4.78, 5) is 15.6. The molecule has 62 heavy (non-hydrogen) atoms. The highest BCUT2D eigenvalue weighted by atomic mass is 14.8. The lowest BCUT2D eigenvalue weighted by Gasteiger charge is -2.18. The zero-order chi connectivity index (χ0) is 43.5. The minimum Gasteiger partial charge on any atom is -0.255 e. The van der Waals surface area contributed by atoms with Crippen LogP contribution in [0.5, 0.6) is 0 Å². The van der Waals surface area contributed by atoms with Crippen molar-refractivity contribution in [3.05, 3.63) is 246 Å². The largest absolute Gasteiger partial charge is 0.255 e. The van der Waals surface area contributed by atoms with Crippen molar-refractivity contribution in [2.75, 3.05) is 0 Å². The van der Waals surface area contributed by atoms with Crippen LogP contribution in [0, 0.1) is 0 Å². The molecular formula is C59H57N3. The van der Waals surface area contributed by atoms with Crippen LogP contribution in [-0.4, -0.2) is 15.7 Å². The molecule has 0 saturated heterocycles. The summed E-state index contributed by atoms with van der Waals surface area (Å²) < 4.78 is 0. The highest BCUT2D eigenvalue weighted by Crippen LogP contribution is 2.34. The molecular weight excluding hydrogens is 751 g/mol. The van der Waals surface area contributed by atoms with Gasteiger partial charge in [-0.2, -0.15) is 0 Å². The van der Waals surface area contributed by atoms with Gasteiger partial charge >= 0.3 is 0 Å². The van der Waals surface area contributed by atoms with E-state index in [2.05, 4.69) is 223 Å². The number of rotatable bonds is 16. The molecule has 6 aromatic rings. The van der Waals surface area contributed by atoms with Crippen LogP contribution >= 0.6 is 0 Å². The van der Waals surface area contributed by atoms with Crippen LogP contribution in [-0.2, 0) is 0 Å². The van der Waals surface area contributed by atoms with Crippen molar-refractivity contribution >= 4 is 33.7 Å². The third-order valence-corrected chi connectivity index (χ3v) is 10.5.